The maximum absolute atomic E-state index is 12.7. The van der Waals surface area contributed by atoms with Crippen LogP contribution in [0.15, 0.2) is 14.7 Å². The summed E-state index contributed by atoms with van der Waals surface area (Å²) in [6, 6.07) is -0.120. The highest BCUT2D eigenvalue weighted by Gasteiger charge is 2.22. The van der Waals surface area contributed by atoms with Crippen LogP contribution in [-0.2, 0) is 23.6 Å². The highest BCUT2D eigenvalue weighted by Crippen LogP contribution is 2.27. The third kappa shape index (κ3) is 4.14. The monoisotopic (exact) mass is 466 g/mol. The van der Waals surface area contributed by atoms with Gasteiger partial charge in [0.1, 0.15) is 4.88 Å². The van der Waals surface area contributed by atoms with Crippen LogP contribution in [0.1, 0.15) is 35.3 Å². The Morgan fingerprint density at radius 1 is 1.19 bits per heavy atom. The molecule has 0 aromatic carbocycles. The molecule has 3 aromatic heterocycles. The predicted molar refractivity (Wildman–Crippen MR) is 118 cm³/mol. The topological polar surface area (TPSA) is 130 Å². The minimum atomic E-state index is -0.511. The van der Waals surface area contributed by atoms with Crippen LogP contribution in [0.4, 0.5) is 5.13 Å². The number of hydrogen-bond donors (Lipinski definition) is 1. The van der Waals surface area contributed by atoms with E-state index in [-0.39, 0.29) is 28.5 Å². The van der Waals surface area contributed by atoms with Crippen molar-refractivity contribution in [2.24, 2.45) is 14.1 Å². The second kappa shape index (κ2) is 8.67. The molecule has 13 heteroatoms. The van der Waals surface area contributed by atoms with E-state index < -0.39 is 17.2 Å². The zero-order valence-electron chi connectivity index (χ0n) is 17.9. The molecule has 0 aliphatic heterocycles. The minimum absolute atomic E-state index is 0.00348. The van der Waals surface area contributed by atoms with Crippen molar-refractivity contribution in [3.8, 4) is 0 Å². The molecule has 0 atom stereocenters. The van der Waals surface area contributed by atoms with Crippen LogP contribution in [0, 0.1) is 6.92 Å². The zero-order valence-corrected chi connectivity index (χ0v) is 19.5. The predicted octanol–water partition coefficient (Wildman–Crippen LogP) is 1.30. The molecule has 0 radical (unpaired) electrons. The van der Waals surface area contributed by atoms with E-state index in [1.807, 2.05) is 13.8 Å². The first-order chi connectivity index (χ1) is 14.6. The molecule has 31 heavy (non-hydrogen) atoms. The lowest BCUT2D eigenvalue weighted by Gasteiger charge is -2.12. The van der Waals surface area contributed by atoms with Gasteiger partial charge in [-0.15, -0.1) is 0 Å². The maximum atomic E-state index is 12.7. The Morgan fingerprint density at radius 2 is 1.87 bits per heavy atom. The number of carbonyl (C=O) groups is 2. The van der Waals surface area contributed by atoms with Crippen molar-refractivity contribution in [3.63, 3.8) is 0 Å². The summed E-state index contributed by atoms with van der Waals surface area (Å²) in [5, 5.41) is 3.39. The van der Waals surface area contributed by atoms with Crippen molar-refractivity contribution < 1.29 is 14.3 Å². The van der Waals surface area contributed by atoms with Crippen molar-refractivity contribution in [1.82, 2.24) is 23.7 Å². The summed E-state index contributed by atoms with van der Waals surface area (Å²) in [6.07, 6.45) is 0. The molecule has 1 N–H and O–H groups in total. The molecule has 11 nitrogen and oxygen atoms in total. The number of nitrogens with zero attached hydrogens (tertiary/aromatic N) is 5. The molecule has 0 fully saturated rings. The van der Waals surface area contributed by atoms with Crippen LogP contribution >= 0.6 is 23.1 Å². The van der Waals surface area contributed by atoms with Crippen molar-refractivity contribution in [3.05, 3.63) is 31.4 Å². The Morgan fingerprint density at radius 3 is 2.48 bits per heavy atom. The van der Waals surface area contributed by atoms with Gasteiger partial charge in [0.25, 0.3) is 5.56 Å². The number of aromatic nitrogens is 5. The number of amides is 1. The number of thiazole rings is 1. The lowest BCUT2D eigenvalue weighted by atomic mass is 10.4. The van der Waals surface area contributed by atoms with Gasteiger partial charge in [-0.05, 0) is 20.8 Å². The van der Waals surface area contributed by atoms with Crippen LogP contribution in [0.3, 0.4) is 0 Å². The number of carbonyl (C=O) groups excluding carboxylic acids is 2. The molecule has 0 bridgehead atoms. The number of methoxy groups -OCH3 is 1. The van der Waals surface area contributed by atoms with E-state index in [2.05, 4.69) is 15.3 Å². The van der Waals surface area contributed by atoms with Crippen LogP contribution in [-0.4, -0.2) is 48.4 Å². The molecular weight excluding hydrogens is 444 g/mol. The number of esters is 1. The smallest absolute Gasteiger partial charge is 0.350 e. The van der Waals surface area contributed by atoms with Crippen molar-refractivity contribution in [1.29, 1.82) is 0 Å². The second-order valence-electron chi connectivity index (χ2n) is 7.00. The van der Waals surface area contributed by atoms with Crippen molar-refractivity contribution in [2.45, 2.75) is 32.0 Å². The fourth-order valence-corrected chi connectivity index (χ4v) is 4.82. The molecule has 166 valence electrons. The number of hydrogen-bond acceptors (Lipinski definition) is 9. The molecule has 0 unspecified atom stereocenters. The van der Waals surface area contributed by atoms with Crippen LogP contribution in [0.2, 0.25) is 0 Å². The number of thioether (sulfide) groups is 1. The summed E-state index contributed by atoms with van der Waals surface area (Å²) in [7, 11) is 4.24. The lowest BCUT2D eigenvalue weighted by Crippen LogP contribution is -2.37. The number of rotatable bonds is 6. The van der Waals surface area contributed by atoms with Gasteiger partial charge in [0, 0.05) is 20.1 Å². The Kier molecular flexibility index (Phi) is 6.36. The summed E-state index contributed by atoms with van der Waals surface area (Å²) in [4.78, 5) is 58.0. The lowest BCUT2D eigenvalue weighted by molar-refractivity contribution is -0.113. The first kappa shape index (κ1) is 22.7. The van der Waals surface area contributed by atoms with Gasteiger partial charge in [0.05, 0.1) is 18.6 Å². The molecule has 0 saturated heterocycles. The van der Waals surface area contributed by atoms with Crippen molar-refractivity contribution >= 4 is 51.3 Å². The van der Waals surface area contributed by atoms with Gasteiger partial charge in [-0.2, -0.15) is 0 Å². The van der Waals surface area contributed by atoms with E-state index in [1.54, 1.807) is 18.5 Å². The van der Waals surface area contributed by atoms with Gasteiger partial charge in [-0.25, -0.2) is 19.6 Å². The molecule has 3 heterocycles. The van der Waals surface area contributed by atoms with E-state index in [9.17, 15) is 19.2 Å². The fourth-order valence-electron chi connectivity index (χ4n) is 2.99. The van der Waals surface area contributed by atoms with E-state index in [4.69, 9.17) is 4.74 Å². The Balaban J connectivity index is 1.86. The summed E-state index contributed by atoms with van der Waals surface area (Å²) < 4.78 is 8.76. The molecular formula is C18H22N6O5S2. The van der Waals surface area contributed by atoms with Gasteiger partial charge in [-0.1, -0.05) is 23.1 Å². The normalized spacial score (nSPS) is 11.3. The van der Waals surface area contributed by atoms with Crippen molar-refractivity contribution in [2.75, 3.05) is 18.2 Å². The largest absolute Gasteiger partial charge is 0.465 e. The summed E-state index contributed by atoms with van der Waals surface area (Å²) in [5.41, 5.74) is 0.131. The molecule has 3 rings (SSSR count). The maximum Gasteiger partial charge on any atom is 0.350 e. The van der Waals surface area contributed by atoms with E-state index in [0.29, 0.717) is 21.2 Å². The molecule has 0 aliphatic carbocycles. The number of nitrogens with one attached hydrogen (secondary N) is 1. The minimum Gasteiger partial charge on any atom is -0.465 e. The molecule has 1 amide bonds. The standard InChI is InChI=1S/C18H22N6O5S2/c1-8(2)24-11-13(22(4)18(28)23(5)14(11)26)21-17(24)30-7-10(25)20-16-19-9(3)12(31-16)15(27)29-6/h8H,7H2,1-6H3,(H,19,20,25). The van der Waals surface area contributed by atoms with Gasteiger partial charge >= 0.3 is 11.7 Å². The second-order valence-corrected chi connectivity index (χ2v) is 8.94. The van der Waals surface area contributed by atoms with Gasteiger partial charge in [-0.3, -0.25) is 18.7 Å². The number of ether oxygens (including phenoxy) is 1. The number of anilines is 1. The van der Waals surface area contributed by atoms with Gasteiger partial charge < -0.3 is 14.6 Å². The van der Waals surface area contributed by atoms with E-state index in [1.165, 1.54) is 18.7 Å². The fraction of sp³-hybridized carbons (Fsp3) is 0.444. The molecule has 3 aromatic rings. The molecule has 0 aliphatic rings. The summed E-state index contributed by atoms with van der Waals surface area (Å²) in [5.74, 6) is -0.863. The van der Waals surface area contributed by atoms with Gasteiger partial charge in [0.2, 0.25) is 5.91 Å². The average Bonchev–Trinajstić information content (AvgIpc) is 3.29. The number of imidazole rings is 1. The number of aryl methyl sites for hydroxylation is 2. The van der Waals surface area contributed by atoms with E-state index in [0.717, 1.165) is 27.7 Å². The van der Waals surface area contributed by atoms with E-state index >= 15 is 0 Å². The summed E-state index contributed by atoms with van der Waals surface area (Å²) in [6.45, 7) is 5.44. The Hall–Kier alpha value is -2.93. The highest BCUT2D eigenvalue weighted by atomic mass is 32.2. The van der Waals surface area contributed by atoms with Crippen LogP contribution in [0.5, 0.6) is 0 Å². The third-order valence-corrected chi connectivity index (χ3v) is 6.53. The highest BCUT2D eigenvalue weighted by molar-refractivity contribution is 7.99. The SMILES string of the molecule is COC(=O)c1sc(NC(=O)CSc2nc3c(c(=O)n(C)c(=O)n3C)n2C(C)C)nc1C. The Labute approximate surface area is 185 Å². The summed E-state index contributed by atoms with van der Waals surface area (Å²) >= 11 is 2.17. The quantitative estimate of drug-likeness (QED) is 0.425. The zero-order chi connectivity index (χ0) is 23.0. The molecule has 0 saturated carbocycles. The number of fused-ring (bicyclic) bond motifs is 1. The first-order valence-electron chi connectivity index (χ1n) is 9.23. The van der Waals surface area contributed by atoms with Crippen LogP contribution in [0.25, 0.3) is 11.2 Å². The average molecular weight is 467 g/mol. The Bertz CT molecular complexity index is 1300. The first-order valence-corrected chi connectivity index (χ1v) is 11.0. The van der Waals surface area contributed by atoms with Gasteiger partial charge in [0.15, 0.2) is 21.5 Å². The van der Waals surface area contributed by atoms with Crippen LogP contribution < -0.4 is 16.6 Å². The third-order valence-electron chi connectivity index (χ3n) is 4.52. The molecule has 0 spiro atoms.